The van der Waals surface area contributed by atoms with Crippen LogP contribution in [0.15, 0.2) is 30.3 Å². The van der Waals surface area contributed by atoms with Crippen LogP contribution in [0.2, 0.25) is 19.6 Å². The zero-order chi connectivity index (χ0) is 16.1. The molecule has 1 aromatic carbocycles. The number of hydrogen-bond acceptors (Lipinski definition) is 3. The van der Waals surface area contributed by atoms with Crippen molar-refractivity contribution in [2.75, 3.05) is 11.5 Å². The minimum Gasteiger partial charge on any atom is -0.406 e. The molecule has 0 radical (unpaired) electrons. The van der Waals surface area contributed by atoms with Gasteiger partial charge in [0.2, 0.25) is 0 Å². The van der Waals surface area contributed by atoms with Gasteiger partial charge in [-0.05, 0) is 49.6 Å². The summed E-state index contributed by atoms with van der Waals surface area (Å²) in [6.07, 6.45) is 8.56. The molecule has 2 rings (SSSR count). The number of terminal acetylenes is 1. The van der Waals surface area contributed by atoms with E-state index in [9.17, 15) is 0 Å². The van der Waals surface area contributed by atoms with E-state index in [0.717, 1.165) is 12.8 Å². The van der Waals surface area contributed by atoms with Crippen molar-refractivity contribution in [3.8, 4) is 12.3 Å². The summed E-state index contributed by atoms with van der Waals surface area (Å²) in [7, 11) is -1.70. The largest absolute Gasteiger partial charge is 0.406 e. The van der Waals surface area contributed by atoms with Gasteiger partial charge >= 0.3 is 0 Å². The number of hydrogen-bond donors (Lipinski definition) is 0. The van der Waals surface area contributed by atoms with Crippen LogP contribution in [0, 0.1) is 12.3 Å². The second-order valence-electron chi connectivity index (χ2n) is 6.60. The number of benzene rings is 1. The summed E-state index contributed by atoms with van der Waals surface area (Å²) in [5.74, 6) is 5.27. The minimum absolute atomic E-state index is 0.256. The van der Waals surface area contributed by atoms with Gasteiger partial charge in [0, 0.05) is 6.42 Å². The Hall–Kier alpha value is -0.343. The van der Waals surface area contributed by atoms with Gasteiger partial charge in [-0.2, -0.15) is 0 Å². The lowest BCUT2D eigenvalue weighted by Crippen LogP contribution is -2.47. The van der Waals surface area contributed by atoms with Gasteiger partial charge in [-0.15, -0.1) is 35.9 Å². The van der Waals surface area contributed by atoms with Crippen LogP contribution in [0.25, 0.3) is 0 Å². The quantitative estimate of drug-likeness (QED) is 0.506. The zero-order valence-electron chi connectivity index (χ0n) is 13.8. The standard InChI is InChI=1S/C18H26OS2Si/c1-5-6-13-18(19-22(2,3)4,16-11-8-7-9-12-16)17-20-14-10-15-21-17/h1,7-9,11-12,17H,6,10,13-15H2,2-4H3/t18-/m0/s1. The fraction of sp³-hybridized carbons (Fsp3) is 0.556. The van der Waals surface area contributed by atoms with Gasteiger partial charge < -0.3 is 4.43 Å². The molecule has 22 heavy (non-hydrogen) atoms. The van der Waals surface area contributed by atoms with Crippen LogP contribution in [0.3, 0.4) is 0 Å². The van der Waals surface area contributed by atoms with E-state index in [1.165, 1.54) is 23.5 Å². The van der Waals surface area contributed by atoms with Gasteiger partial charge in [-0.1, -0.05) is 30.3 Å². The minimum atomic E-state index is -1.70. The average molecular weight is 351 g/mol. The van der Waals surface area contributed by atoms with E-state index in [2.05, 4.69) is 55.9 Å². The second kappa shape index (κ2) is 7.96. The fourth-order valence-corrected chi connectivity index (χ4v) is 7.78. The molecule has 4 heteroatoms. The Balaban J connectivity index is 2.44. The van der Waals surface area contributed by atoms with Crippen molar-refractivity contribution in [2.24, 2.45) is 0 Å². The van der Waals surface area contributed by atoms with Crippen LogP contribution in [0.5, 0.6) is 0 Å². The summed E-state index contributed by atoms with van der Waals surface area (Å²) < 4.78 is 7.29. The van der Waals surface area contributed by atoms with E-state index in [1.54, 1.807) is 0 Å². The number of rotatable bonds is 6. The molecule has 0 spiro atoms. The third-order valence-electron chi connectivity index (χ3n) is 3.60. The normalized spacial score (nSPS) is 19.4. The van der Waals surface area contributed by atoms with Crippen molar-refractivity contribution in [3.05, 3.63) is 35.9 Å². The Bertz CT molecular complexity index is 500. The first-order valence-electron chi connectivity index (χ1n) is 7.90. The molecular formula is C18H26OS2Si. The highest BCUT2D eigenvalue weighted by molar-refractivity contribution is 8.17. The summed E-state index contributed by atoms with van der Waals surface area (Å²) >= 11 is 4.10. The predicted octanol–water partition coefficient (Wildman–Crippen LogP) is 5.34. The molecule has 1 aliphatic rings. The molecule has 1 atom stereocenters. The summed E-state index contributed by atoms with van der Waals surface area (Å²) in [6, 6.07) is 10.7. The second-order valence-corrected chi connectivity index (χ2v) is 13.8. The lowest BCUT2D eigenvalue weighted by atomic mass is 9.91. The van der Waals surface area contributed by atoms with Crippen LogP contribution in [0.1, 0.15) is 24.8 Å². The van der Waals surface area contributed by atoms with E-state index >= 15 is 0 Å². The Labute approximate surface area is 145 Å². The molecule has 1 heterocycles. The van der Waals surface area contributed by atoms with E-state index in [0.29, 0.717) is 4.58 Å². The highest BCUT2D eigenvalue weighted by Crippen LogP contribution is 2.49. The summed E-state index contributed by atoms with van der Waals surface area (Å²) in [6.45, 7) is 6.83. The maximum absolute atomic E-state index is 6.85. The molecule has 1 aliphatic heterocycles. The van der Waals surface area contributed by atoms with Crippen LogP contribution in [0.4, 0.5) is 0 Å². The average Bonchev–Trinajstić information content (AvgIpc) is 2.52. The molecule has 0 aromatic heterocycles. The first-order valence-corrected chi connectivity index (χ1v) is 13.4. The van der Waals surface area contributed by atoms with Crippen LogP contribution in [-0.4, -0.2) is 24.4 Å². The van der Waals surface area contributed by atoms with Gasteiger partial charge in [-0.3, -0.25) is 0 Å². The molecule has 120 valence electrons. The maximum Gasteiger partial charge on any atom is 0.185 e. The van der Waals surface area contributed by atoms with Crippen molar-refractivity contribution < 1.29 is 4.43 Å². The maximum atomic E-state index is 6.85. The third kappa shape index (κ3) is 4.58. The van der Waals surface area contributed by atoms with Crippen molar-refractivity contribution >= 4 is 31.8 Å². The van der Waals surface area contributed by atoms with Crippen LogP contribution < -0.4 is 0 Å². The summed E-state index contributed by atoms with van der Waals surface area (Å²) in [5.41, 5.74) is 1.04. The predicted molar refractivity (Wildman–Crippen MR) is 104 cm³/mol. The highest BCUT2D eigenvalue weighted by atomic mass is 32.2. The molecule has 0 bridgehead atoms. The third-order valence-corrected chi connectivity index (χ3v) is 7.81. The first kappa shape index (κ1) is 18.0. The molecular weight excluding hydrogens is 324 g/mol. The smallest absolute Gasteiger partial charge is 0.185 e. The van der Waals surface area contributed by atoms with Crippen molar-refractivity contribution in [2.45, 2.75) is 49.1 Å². The molecule has 0 N–H and O–H groups in total. The van der Waals surface area contributed by atoms with Gasteiger partial charge in [0.05, 0.1) is 4.58 Å². The lowest BCUT2D eigenvalue weighted by molar-refractivity contribution is 0.0671. The summed E-state index contributed by atoms with van der Waals surface area (Å²) in [4.78, 5) is 0. The molecule has 1 nitrogen and oxygen atoms in total. The first-order chi connectivity index (χ1) is 10.5. The van der Waals surface area contributed by atoms with E-state index < -0.39 is 8.32 Å². The van der Waals surface area contributed by atoms with Crippen LogP contribution in [-0.2, 0) is 10.0 Å². The lowest BCUT2D eigenvalue weighted by Gasteiger charge is -2.45. The number of thioether (sulfide) groups is 2. The van der Waals surface area contributed by atoms with Crippen molar-refractivity contribution in [1.29, 1.82) is 0 Å². The molecule has 1 aromatic rings. The molecule has 0 saturated carbocycles. The van der Waals surface area contributed by atoms with E-state index in [4.69, 9.17) is 10.8 Å². The fourth-order valence-electron chi connectivity index (χ4n) is 2.84. The van der Waals surface area contributed by atoms with Gasteiger partial charge in [0.1, 0.15) is 5.60 Å². The highest BCUT2D eigenvalue weighted by Gasteiger charge is 2.45. The zero-order valence-corrected chi connectivity index (χ0v) is 16.4. The van der Waals surface area contributed by atoms with Gasteiger partial charge in [-0.25, -0.2) is 0 Å². The summed E-state index contributed by atoms with van der Waals surface area (Å²) in [5, 5.41) is 0. The Kier molecular flexibility index (Phi) is 6.52. The topological polar surface area (TPSA) is 9.23 Å². The van der Waals surface area contributed by atoms with Crippen molar-refractivity contribution in [1.82, 2.24) is 0 Å². The Morgan fingerprint density at radius 2 is 1.86 bits per heavy atom. The van der Waals surface area contributed by atoms with Gasteiger partial charge in [0.25, 0.3) is 0 Å². The van der Waals surface area contributed by atoms with E-state index in [1.807, 2.05) is 23.5 Å². The molecule has 0 aliphatic carbocycles. The van der Waals surface area contributed by atoms with Crippen LogP contribution >= 0.6 is 23.5 Å². The van der Waals surface area contributed by atoms with E-state index in [-0.39, 0.29) is 5.60 Å². The van der Waals surface area contributed by atoms with Gasteiger partial charge in [0.15, 0.2) is 8.32 Å². The monoisotopic (exact) mass is 350 g/mol. The molecule has 1 saturated heterocycles. The molecule has 0 amide bonds. The van der Waals surface area contributed by atoms with Crippen molar-refractivity contribution in [3.63, 3.8) is 0 Å². The molecule has 1 fully saturated rings. The SMILES string of the molecule is C#CCC[C@](O[Si](C)(C)C)(c1ccccc1)C1SCCCS1. The Morgan fingerprint density at radius 3 is 2.41 bits per heavy atom. The molecule has 0 unspecified atom stereocenters. The Morgan fingerprint density at radius 1 is 1.23 bits per heavy atom.